The molecule has 1 unspecified atom stereocenters. The summed E-state index contributed by atoms with van der Waals surface area (Å²) in [5, 5.41) is 0. The summed E-state index contributed by atoms with van der Waals surface area (Å²) in [7, 11) is 1.92. The topological polar surface area (TPSA) is 80.4 Å². The summed E-state index contributed by atoms with van der Waals surface area (Å²) < 4.78 is 20.3. The molecule has 158 valence electrons. The van der Waals surface area contributed by atoms with Crippen LogP contribution in [-0.4, -0.2) is 51.6 Å². The van der Waals surface area contributed by atoms with Crippen molar-refractivity contribution in [3.8, 4) is 29.0 Å². The van der Waals surface area contributed by atoms with Gasteiger partial charge in [-0.3, -0.25) is 4.57 Å². The van der Waals surface area contributed by atoms with Gasteiger partial charge in [0.25, 0.3) is 0 Å². The summed E-state index contributed by atoms with van der Waals surface area (Å²) in [6, 6.07) is 7.86. The molecule has 1 atom stereocenters. The Hall–Kier alpha value is -3.41. The quantitative estimate of drug-likeness (QED) is 0.598. The number of benzene rings is 1. The summed E-state index contributed by atoms with van der Waals surface area (Å²) in [5.74, 6) is 7.29. The molecular weight excluding hydrogens is 396 g/mol. The van der Waals surface area contributed by atoms with Crippen molar-refractivity contribution in [3.63, 3.8) is 0 Å². The van der Waals surface area contributed by atoms with E-state index in [1.807, 2.05) is 36.0 Å². The molecule has 8 heteroatoms. The van der Waals surface area contributed by atoms with E-state index < -0.39 is 0 Å². The third kappa shape index (κ3) is 4.10. The van der Waals surface area contributed by atoms with Crippen LogP contribution in [0.2, 0.25) is 0 Å². The Labute approximate surface area is 179 Å². The van der Waals surface area contributed by atoms with Gasteiger partial charge in [-0.15, -0.1) is 0 Å². The summed E-state index contributed by atoms with van der Waals surface area (Å²) in [6.07, 6.45) is 4.19. The molecule has 1 aromatic carbocycles. The van der Waals surface area contributed by atoms with Crippen LogP contribution in [0.1, 0.15) is 17.0 Å². The number of hydrogen-bond acceptors (Lipinski definition) is 6. The molecule has 2 aromatic heterocycles. The van der Waals surface area contributed by atoms with Gasteiger partial charge in [0.1, 0.15) is 12.7 Å². The normalized spacial score (nSPS) is 17.3. The minimum absolute atomic E-state index is 0.151. The maximum absolute atomic E-state index is 12.6. The van der Waals surface area contributed by atoms with Crippen molar-refractivity contribution in [1.82, 2.24) is 19.1 Å². The van der Waals surface area contributed by atoms with Gasteiger partial charge in [-0.2, -0.15) is 4.98 Å². The van der Waals surface area contributed by atoms with E-state index in [0.29, 0.717) is 38.9 Å². The van der Waals surface area contributed by atoms with Crippen molar-refractivity contribution in [3.05, 3.63) is 64.1 Å². The Bertz CT molecular complexity index is 1230. The first-order chi connectivity index (χ1) is 15.2. The van der Waals surface area contributed by atoms with Crippen LogP contribution in [-0.2, 0) is 29.5 Å². The van der Waals surface area contributed by atoms with Crippen LogP contribution in [0.15, 0.2) is 41.5 Å². The Morgan fingerprint density at radius 3 is 3.00 bits per heavy atom. The molecule has 0 saturated carbocycles. The van der Waals surface area contributed by atoms with E-state index in [2.05, 4.69) is 27.9 Å². The van der Waals surface area contributed by atoms with Gasteiger partial charge in [-0.05, 0) is 30.0 Å². The lowest BCUT2D eigenvalue weighted by Crippen LogP contribution is -2.34. The van der Waals surface area contributed by atoms with Gasteiger partial charge in [-0.1, -0.05) is 12.0 Å². The van der Waals surface area contributed by atoms with E-state index >= 15 is 0 Å². The average molecular weight is 418 g/mol. The fourth-order valence-corrected chi connectivity index (χ4v) is 3.78. The van der Waals surface area contributed by atoms with Gasteiger partial charge in [0.15, 0.2) is 5.82 Å². The van der Waals surface area contributed by atoms with Crippen LogP contribution in [0, 0.1) is 11.8 Å². The Balaban J connectivity index is 1.41. The fourth-order valence-electron chi connectivity index (χ4n) is 3.78. The highest BCUT2D eigenvalue weighted by molar-refractivity contribution is 5.68. The van der Waals surface area contributed by atoms with Gasteiger partial charge >= 0.3 is 5.69 Å². The molecule has 2 aliphatic heterocycles. The highest BCUT2D eigenvalue weighted by atomic mass is 16.6. The van der Waals surface area contributed by atoms with Crippen LogP contribution in [0.5, 0.6) is 5.88 Å². The predicted octanol–water partition coefficient (Wildman–Crippen LogP) is 1.39. The van der Waals surface area contributed by atoms with Crippen LogP contribution >= 0.6 is 0 Å². The van der Waals surface area contributed by atoms with Crippen molar-refractivity contribution in [2.45, 2.75) is 19.1 Å². The predicted molar refractivity (Wildman–Crippen MR) is 113 cm³/mol. The first-order valence-corrected chi connectivity index (χ1v) is 10.2. The summed E-state index contributed by atoms with van der Waals surface area (Å²) in [5.41, 5.74) is 3.55. The lowest BCUT2D eigenvalue weighted by molar-refractivity contribution is -0.102. The average Bonchev–Trinajstić information content (AvgIpc) is 3.21. The molecule has 1 fully saturated rings. The number of ether oxygens (including phenoxy) is 3. The molecule has 0 N–H and O–H groups in total. The van der Waals surface area contributed by atoms with Crippen molar-refractivity contribution < 1.29 is 14.2 Å². The number of fused-ring (bicyclic) bond motifs is 3. The molecule has 4 heterocycles. The van der Waals surface area contributed by atoms with Crippen molar-refractivity contribution in [1.29, 1.82) is 0 Å². The molecular formula is C23H22N4O4. The highest BCUT2D eigenvalue weighted by Crippen LogP contribution is 2.30. The number of imidazole rings is 1. The van der Waals surface area contributed by atoms with E-state index in [1.54, 1.807) is 10.8 Å². The first kappa shape index (κ1) is 19.5. The first-order valence-electron chi connectivity index (χ1n) is 10.2. The van der Waals surface area contributed by atoms with Gasteiger partial charge in [0, 0.05) is 43.2 Å². The van der Waals surface area contributed by atoms with Crippen molar-refractivity contribution in [2.24, 2.45) is 7.05 Å². The fraction of sp³-hybridized carbons (Fsp3) is 0.348. The third-order valence-electron chi connectivity index (χ3n) is 5.42. The van der Waals surface area contributed by atoms with Crippen molar-refractivity contribution >= 4 is 0 Å². The number of rotatable bonds is 3. The molecule has 0 bridgehead atoms. The van der Waals surface area contributed by atoms with E-state index in [4.69, 9.17) is 14.2 Å². The smallest absolute Gasteiger partial charge is 0.351 e. The second-order valence-corrected chi connectivity index (χ2v) is 7.53. The number of aryl methyl sites for hydroxylation is 2. The molecule has 0 amide bonds. The number of aromatic nitrogens is 4. The lowest BCUT2D eigenvalue weighted by Gasteiger charge is -2.24. The molecule has 1 saturated heterocycles. The van der Waals surface area contributed by atoms with Crippen molar-refractivity contribution in [2.75, 3.05) is 26.4 Å². The standard InChI is InChI=1S/C23H22N4O4/c1-26-9-7-24-21(26)5-3-16-2-4-19-17(12-16)6-8-27-20(19)13-22(25-23(27)28)31-15-18-14-29-10-11-30-18/h2,4,7,9,12-13,18H,6,8,10-11,14-15H2,1H3. The number of nitrogens with zero attached hydrogens (tertiary/aromatic N) is 4. The molecule has 0 spiro atoms. The Morgan fingerprint density at radius 1 is 1.26 bits per heavy atom. The zero-order valence-electron chi connectivity index (χ0n) is 17.2. The lowest BCUT2D eigenvalue weighted by atomic mass is 9.95. The van der Waals surface area contributed by atoms with Crippen LogP contribution < -0.4 is 10.4 Å². The zero-order valence-corrected chi connectivity index (χ0v) is 17.2. The molecule has 2 aliphatic rings. The maximum atomic E-state index is 12.6. The molecule has 0 radical (unpaired) electrons. The van der Waals surface area contributed by atoms with Crippen LogP contribution in [0.25, 0.3) is 11.3 Å². The minimum Gasteiger partial charge on any atom is -0.475 e. The van der Waals surface area contributed by atoms with E-state index in [-0.39, 0.29) is 11.8 Å². The molecule has 31 heavy (non-hydrogen) atoms. The second-order valence-electron chi connectivity index (χ2n) is 7.53. The molecule has 5 rings (SSSR count). The molecule has 8 nitrogen and oxygen atoms in total. The SMILES string of the molecule is Cn1ccnc1C#Cc1ccc2c(c1)CCn1c-2cc(OCC2COCCO2)nc1=O. The van der Waals surface area contributed by atoms with E-state index in [9.17, 15) is 4.79 Å². The van der Waals surface area contributed by atoms with E-state index in [1.165, 1.54) is 0 Å². The maximum Gasteiger partial charge on any atom is 0.351 e. The zero-order chi connectivity index (χ0) is 21.2. The molecule has 0 aliphatic carbocycles. The Kier molecular flexibility index (Phi) is 5.28. The highest BCUT2D eigenvalue weighted by Gasteiger charge is 2.20. The third-order valence-corrected chi connectivity index (χ3v) is 5.42. The minimum atomic E-state index is -0.308. The van der Waals surface area contributed by atoms with Gasteiger partial charge in [-0.25, -0.2) is 9.78 Å². The Morgan fingerprint density at radius 2 is 2.19 bits per heavy atom. The van der Waals surface area contributed by atoms with Gasteiger partial charge in [0.2, 0.25) is 5.88 Å². The largest absolute Gasteiger partial charge is 0.475 e. The van der Waals surface area contributed by atoms with E-state index in [0.717, 1.165) is 34.6 Å². The second kappa shape index (κ2) is 8.38. The molecule has 3 aromatic rings. The summed E-state index contributed by atoms with van der Waals surface area (Å²) in [4.78, 5) is 20.9. The number of hydrogen-bond donors (Lipinski definition) is 0. The summed E-state index contributed by atoms with van der Waals surface area (Å²) >= 11 is 0. The van der Waals surface area contributed by atoms with Gasteiger partial charge in [0.05, 0.1) is 25.5 Å². The van der Waals surface area contributed by atoms with Crippen LogP contribution in [0.3, 0.4) is 0 Å². The summed E-state index contributed by atoms with van der Waals surface area (Å²) in [6.45, 7) is 2.50. The van der Waals surface area contributed by atoms with Gasteiger partial charge < -0.3 is 18.8 Å². The monoisotopic (exact) mass is 418 g/mol. The van der Waals surface area contributed by atoms with Crippen LogP contribution in [0.4, 0.5) is 0 Å².